The van der Waals surface area contributed by atoms with Crippen molar-refractivity contribution in [2.45, 2.75) is 18.3 Å². The van der Waals surface area contributed by atoms with Crippen molar-refractivity contribution in [1.82, 2.24) is 5.32 Å². The van der Waals surface area contributed by atoms with Gasteiger partial charge < -0.3 is 19.5 Å². The van der Waals surface area contributed by atoms with Crippen molar-refractivity contribution in [3.05, 3.63) is 59.1 Å². The fraction of sp³-hybridized carbons (Fsp3) is 0.381. The summed E-state index contributed by atoms with van der Waals surface area (Å²) in [7, 11) is 1.65. The molecule has 1 saturated heterocycles. The van der Waals surface area contributed by atoms with Crippen LogP contribution in [0.25, 0.3) is 0 Å². The fourth-order valence-electron chi connectivity index (χ4n) is 3.30. The van der Waals surface area contributed by atoms with Crippen LogP contribution in [0.3, 0.4) is 0 Å². The first-order valence-electron chi connectivity index (χ1n) is 8.99. The number of carbonyl (C=O) groups is 1. The molecule has 1 fully saturated rings. The minimum Gasteiger partial charge on any atom is -0.497 e. The van der Waals surface area contributed by atoms with Gasteiger partial charge in [0.05, 0.1) is 12.1 Å². The zero-order valence-electron chi connectivity index (χ0n) is 15.4. The number of methoxy groups -OCH3 is 1. The Bertz CT molecular complexity index is 757. The van der Waals surface area contributed by atoms with Crippen LogP contribution in [0.1, 0.15) is 18.4 Å². The summed E-state index contributed by atoms with van der Waals surface area (Å²) in [5.41, 5.74) is 1.03. The number of para-hydroxylation sites is 1. The molecule has 0 unspecified atom stereocenters. The van der Waals surface area contributed by atoms with Crippen LogP contribution in [0.4, 0.5) is 0 Å². The highest BCUT2D eigenvalue weighted by atomic mass is 35.5. The van der Waals surface area contributed by atoms with Gasteiger partial charge in [0.1, 0.15) is 11.5 Å². The number of ether oxygens (including phenoxy) is 3. The molecule has 1 amide bonds. The van der Waals surface area contributed by atoms with Gasteiger partial charge in [-0.1, -0.05) is 35.9 Å². The number of carbonyl (C=O) groups excluding carboxylic acids is 1. The maximum absolute atomic E-state index is 12.3. The van der Waals surface area contributed by atoms with Crippen LogP contribution in [0.15, 0.2) is 48.5 Å². The van der Waals surface area contributed by atoms with E-state index in [2.05, 4.69) is 17.4 Å². The van der Waals surface area contributed by atoms with Gasteiger partial charge in [0.15, 0.2) is 6.61 Å². The molecule has 0 radical (unpaired) electrons. The molecular formula is C21H24ClNO4. The Kier molecular flexibility index (Phi) is 6.58. The first-order chi connectivity index (χ1) is 13.1. The van der Waals surface area contributed by atoms with E-state index in [0.717, 1.165) is 18.6 Å². The second-order valence-corrected chi connectivity index (χ2v) is 7.02. The van der Waals surface area contributed by atoms with Gasteiger partial charge in [-0.25, -0.2) is 0 Å². The maximum Gasteiger partial charge on any atom is 0.257 e. The van der Waals surface area contributed by atoms with Gasteiger partial charge >= 0.3 is 0 Å². The Hall–Kier alpha value is -2.24. The molecule has 0 spiro atoms. The van der Waals surface area contributed by atoms with Gasteiger partial charge in [0.2, 0.25) is 0 Å². The van der Waals surface area contributed by atoms with Crippen LogP contribution in [0, 0.1) is 0 Å². The van der Waals surface area contributed by atoms with Crippen molar-refractivity contribution >= 4 is 17.5 Å². The Morgan fingerprint density at radius 1 is 1.15 bits per heavy atom. The van der Waals surface area contributed by atoms with Gasteiger partial charge in [0.25, 0.3) is 5.91 Å². The van der Waals surface area contributed by atoms with E-state index >= 15 is 0 Å². The minimum atomic E-state index is -0.172. The van der Waals surface area contributed by atoms with E-state index in [-0.39, 0.29) is 17.9 Å². The van der Waals surface area contributed by atoms with Gasteiger partial charge in [0, 0.05) is 25.2 Å². The molecule has 1 aliphatic rings. The van der Waals surface area contributed by atoms with Gasteiger partial charge in [-0.15, -0.1) is 0 Å². The predicted molar refractivity (Wildman–Crippen MR) is 105 cm³/mol. The molecular weight excluding hydrogens is 366 g/mol. The zero-order valence-corrected chi connectivity index (χ0v) is 16.1. The molecule has 0 aromatic heterocycles. The summed E-state index contributed by atoms with van der Waals surface area (Å²) in [6.45, 7) is 1.82. The molecule has 0 bridgehead atoms. The molecule has 27 heavy (non-hydrogen) atoms. The number of hydrogen-bond acceptors (Lipinski definition) is 4. The van der Waals surface area contributed by atoms with Crippen LogP contribution < -0.4 is 14.8 Å². The second-order valence-electron chi connectivity index (χ2n) is 6.62. The van der Waals surface area contributed by atoms with Crippen molar-refractivity contribution in [3.8, 4) is 11.5 Å². The van der Waals surface area contributed by atoms with Gasteiger partial charge in [-0.2, -0.15) is 0 Å². The molecule has 144 valence electrons. The molecule has 2 aromatic rings. The Labute approximate surface area is 164 Å². The number of amides is 1. The summed E-state index contributed by atoms with van der Waals surface area (Å²) in [6.07, 6.45) is 1.70. The van der Waals surface area contributed by atoms with Crippen molar-refractivity contribution in [2.24, 2.45) is 0 Å². The summed E-state index contributed by atoms with van der Waals surface area (Å²) in [5.74, 6) is 1.15. The van der Waals surface area contributed by atoms with E-state index in [1.165, 1.54) is 5.56 Å². The highest BCUT2D eigenvalue weighted by Crippen LogP contribution is 2.35. The van der Waals surface area contributed by atoms with Gasteiger partial charge in [-0.3, -0.25) is 4.79 Å². The van der Waals surface area contributed by atoms with E-state index in [1.54, 1.807) is 19.2 Å². The average molecular weight is 390 g/mol. The molecule has 2 aromatic carbocycles. The molecule has 1 N–H and O–H groups in total. The largest absolute Gasteiger partial charge is 0.497 e. The molecule has 6 heteroatoms. The van der Waals surface area contributed by atoms with Crippen LogP contribution >= 0.6 is 11.6 Å². The fourth-order valence-corrected chi connectivity index (χ4v) is 3.49. The Morgan fingerprint density at radius 3 is 2.52 bits per heavy atom. The van der Waals surface area contributed by atoms with Crippen molar-refractivity contribution in [2.75, 3.05) is 33.5 Å². The number of benzene rings is 2. The monoisotopic (exact) mass is 389 g/mol. The molecule has 5 nitrogen and oxygen atoms in total. The summed E-state index contributed by atoms with van der Waals surface area (Å²) < 4.78 is 16.3. The number of rotatable bonds is 7. The number of halogens is 1. The highest BCUT2D eigenvalue weighted by Gasteiger charge is 2.34. The van der Waals surface area contributed by atoms with Crippen LogP contribution in [-0.4, -0.2) is 39.4 Å². The molecule has 0 atom stereocenters. The Balaban J connectivity index is 1.62. The topological polar surface area (TPSA) is 56.8 Å². The predicted octanol–water partition coefficient (Wildman–Crippen LogP) is 3.59. The zero-order chi connectivity index (χ0) is 19.1. The molecule has 1 heterocycles. The number of nitrogens with one attached hydrogen (secondary N) is 1. The van der Waals surface area contributed by atoms with Crippen LogP contribution in [0.2, 0.25) is 5.02 Å². The van der Waals surface area contributed by atoms with Crippen molar-refractivity contribution < 1.29 is 19.0 Å². The smallest absolute Gasteiger partial charge is 0.257 e. The van der Waals surface area contributed by atoms with E-state index in [0.29, 0.717) is 30.5 Å². The SMILES string of the molecule is COc1ccc(C2(CNC(=O)COc3ccccc3Cl)CCOCC2)cc1. The third-order valence-corrected chi connectivity index (χ3v) is 5.28. The summed E-state index contributed by atoms with van der Waals surface area (Å²) in [4.78, 5) is 12.3. The quantitative estimate of drug-likeness (QED) is 0.786. The Morgan fingerprint density at radius 2 is 1.85 bits per heavy atom. The van der Waals surface area contributed by atoms with Crippen LogP contribution in [0.5, 0.6) is 11.5 Å². The summed E-state index contributed by atoms with van der Waals surface area (Å²) >= 11 is 6.05. The van der Waals surface area contributed by atoms with E-state index < -0.39 is 0 Å². The number of hydrogen-bond donors (Lipinski definition) is 1. The first-order valence-corrected chi connectivity index (χ1v) is 9.37. The maximum atomic E-state index is 12.3. The van der Waals surface area contributed by atoms with E-state index in [1.807, 2.05) is 24.3 Å². The standard InChI is InChI=1S/C21H24ClNO4/c1-25-17-8-6-16(7-9-17)21(10-12-26-13-11-21)15-23-20(24)14-27-19-5-3-2-4-18(19)22/h2-9H,10-15H2,1H3,(H,23,24). The summed E-state index contributed by atoms with van der Waals surface area (Å²) in [6, 6.07) is 15.2. The van der Waals surface area contributed by atoms with Gasteiger partial charge in [-0.05, 0) is 42.7 Å². The second kappa shape index (κ2) is 9.11. The normalized spacial score (nSPS) is 15.8. The van der Waals surface area contributed by atoms with Crippen LogP contribution in [-0.2, 0) is 14.9 Å². The minimum absolute atomic E-state index is 0.0705. The lowest BCUT2D eigenvalue weighted by Gasteiger charge is -2.38. The molecule has 3 rings (SSSR count). The van der Waals surface area contributed by atoms with E-state index in [4.69, 9.17) is 25.8 Å². The molecule has 0 saturated carbocycles. The third-order valence-electron chi connectivity index (χ3n) is 4.97. The molecule has 1 aliphatic heterocycles. The lowest BCUT2D eigenvalue weighted by Crippen LogP contribution is -2.45. The van der Waals surface area contributed by atoms with Crippen molar-refractivity contribution in [3.63, 3.8) is 0 Å². The van der Waals surface area contributed by atoms with E-state index in [9.17, 15) is 4.79 Å². The lowest BCUT2D eigenvalue weighted by molar-refractivity contribution is -0.123. The van der Waals surface area contributed by atoms with Crippen molar-refractivity contribution in [1.29, 1.82) is 0 Å². The summed E-state index contributed by atoms with van der Waals surface area (Å²) in [5, 5.41) is 3.51. The highest BCUT2D eigenvalue weighted by molar-refractivity contribution is 6.32. The average Bonchev–Trinajstić information content (AvgIpc) is 2.72. The third kappa shape index (κ3) is 4.93. The molecule has 0 aliphatic carbocycles. The lowest BCUT2D eigenvalue weighted by atomic mass is 9.74. The first kappa shape index (κ1) is 19.5.